The van der Waals surface area contributed by atoms with E-state index in [-0.39, 0.29) is 6.04 Å². The van der Waals surface area contributed by atoms with Gasteiger partial charge in [0.15, 0.2) is 11.5 Å². The van der Waals surface area contributed by atoms with Gasteiger partial charge in [0.1, 0.15) is 0 Å². The van der Waals surface area contributed by atoms with Crippen LogP contribution in [0.1, 0.15) is 22.7 Å². The molecule has 1 aromatic heterocycles. The van der Waals surface area contributed by atoms with E-state index in [1.54, 1.807) is 25.6 Å². The molecule has 4 heteroatoms. The Hall–Kier alpha value is -1.52. The average molecular weight is 277 g/mol. The van der Waals surface area contributed by atoms with Crippen LogP contribution >= 0.6 is 11.3 Å². The fourth-order valence-electron chi connectivity index (χ4n) is 2.12. The number of rotatable bonds is 5. The van der Waals surface area contributed by atoms with Gasteiger partial charge in [-0.1, -0.05) is 6.07 Å². The molecule has 19 heavy (non-hydrogen) atoms. The summed E-state index contributed by atoms with van der Waals surface area (Å²) < 4.78 is 10.5. The number of methoxy groups -OCH3 is 2. The number of aryl methyl sites for hydroxylation is 1. The van der Waals surface area contributed by atoms with Crippen LogP contribution in [0.5, 0.6) is 11.5 Å². The quantitative estimate of drug-likeness (QED) is 0.912. The summed E-state index contributed by atoms with van der Waals surface area (Å²) in [6.07, 6.45) is 0.790. The van der Waals surface area contributed by atoms with Gasteiger partial charge in [0.05, 0.1) is 14.2 Å². The molecule has 0 fully saturated rings. The third-order valence-corrected chi connectivity index (χ3v) is 4.08. The van der Waals surface area contributed by atoms with Gasteiger partial charge in [-0.15, -0.1) is 0 Å². The molecule has 0 spiro atoms. The summed E-state index contributed by atoms with van der Waals surface area (Å²) in [7, 11) is 3.28. The Balaban J connectivity index is 2.17. The first kappa shape index (κ1) is 13.9. The van der Waals surface area contributed by atoms with Gasteiger partial charge in [0, 0.05) is 6.04 Å². The minimum atomic E-state index is 0.0179. The van der Waals surface area contributed by atoms with Gasteiger partial charge in [-0.3, -0.25) is 0 Å². The molecule has 2 aromatic rings. The summed E-state index contributed by atoms with van der Waals surface area (Å²) in [4.78, 5) is 0. The molecule has 0 saturated carbocycles. The monoisotopic (exact) mass is 277 g/mol. The third kappa shape index (κ3) is 3.08. The van der Waals surface area contributed by atoms with Crippen LogP contribution in [0.4, 0.5) is 0 Å². The Labute approximate surface area is 118 Å². The van der Waals surface area contributed by atoms with Crippen LogP contribution in [0, 0.1) is 6.92 Å². The number of nitrogens with two attached hydrogens (primary N) is 1. The van der Waals surface area contributed by atoms with Crippen molar-refractivity contribution in [2.24, 2.45) is 5.73 Å². The van der Waals surface area contributed by atoms with Gasteiger partial charge >= 0.3 is 0 Å². The second kappa shape index (κ2) is 6.08. The molecule has 1 unspecified atom stereocenters. The van der Waals surface area contributed by atoms with Gasteiger partial charge in [-0.2, -0.15) is 11.3 Å². The summed E-state index contributed by atoms with van der Waals surface area (Å²) >= 11 is 1.69. The number of hydrogen-bond donors (Lipinski definition) is 1. The van der Waals surface area contributed by atoms with Crippen LogP contribution in [0.15, 0.2) is 29.0 Å². The lowest BCUT2D eigenvalue weighted by Crippen LogP contribution is -2.13. The van der Waals surface area contributed by atoms with E-state index in [1.807, 2.05) is 18.2 Å². The highest BCUT2D eigenvalue weighted by Gasteiger charge is 2.12. The van der Waals surface area contributed by atoms with Crippen LogP contribution in [-0.2, 0) is 6.42 Å². The average Bonchev–Trinajstić information content (AvgIpc) is 2.85. The maximum absolute atomic E-state index is 6.27. The van der Waals surface area contributed by atoms with Gasteiger partial charge in [0.2, 0.25) is 0 Å². The van der Waals surface area contributed by atoms with Crippen molar-refractivity contribution in [3.05, 3.63) is 45.6 Å². The van der Waals surface area contributed by atoms with Crippen LogP contribution < -0.4 is 15.2 Å². The highest BCUT2D eigenvalue weighted by atomic mass is 32.1. The Bertz CT molecular complexity index is 551. The van der Waals surface area contributed by atoms with E-state index in [9.17, 15) is 0 Å². The summed E-state index contributed by atoms with van der Waals surface area (Å²) in [6, 6.07) is 5.95. The van der Waals surface area contributed by atoms with E-state index in [1.165, 1.54) is 11.1 Å². The Morgan fingerprint density at radius 1 is 1.16 bits per heavy atom. The van der Waals surface area contributed by atoms with Gasteiger partial charge in [-0.05, 0) is 52.9 Å². The van der Waals surface area contributed by atoms with Crippen LogP contribution in [0.25, 0.3) is 0 Å². The first-order valence-electron chi connectivity index (χ1n) is 6.15. The number of hydrogen-bond acceptors (Lipinski definition) is 4. The predicted molar refractivity (Wildman–Crippen MR) is 79.2 cm³/mol. The third-order valence-electron chi connectivity index (χ3n) is 3.20. The molecule has 102 valence electrons. The summed E-state index contributed by atoms with van der Waals surface area (Å²) in [5, 5.41) is 4.25. The molecule has 0 radical (unpaired) electrons. The maximum atomic E-state index is 6.27. The van der Waals surface area contributed by atoms with E-state index in [0.717, 1.165) is 23.5 Å². The van der Waals surface area contributed by atoms with E-state index < -0.39 is 0 Å². The van der Waals surface area contributed by atoms with Gasteiger partial charge in [-0.25, -0.2) is 0 Å². The Morgan fingerprint density at radius 3 is 2.47 bits per heavy atom. The van der Waals surface area contributed by atoms with Gasteiger partial charge in [0.25, 0.3) is 0 Å². The van der Waals surface area contributed by atoms with Crippen molar-refractivity contribution in [1.29, 1.82) is 0 Å². The molecule has 0 aliphatic heterocycles. The largest absolute Gasteiger partial charge is 0.493 e. The molecule has 1 atom stereocenters. The van der Waals surface area contributed by atoms with Gasteiger partial charge < -0.3 is 15.2 Å². The molecule has 0 bridgehead atoms. The Morgan fingerprint density at radius 2 is 1.89 bits per heavy atom. The second-order valence-corrected chi connectivity index (χ2v) is 5.25. The zero-order chi connectivity index (χ0) is 13.8. The Kier molecular flexibility index (Phi) is 4.45. The molecule has 3 nitrogen and oxygen atoms in total. The zero-order valence-electron chi connectivity index (χ0n) is 11.5. The van der Waals surface area contributed by atoms with Crippen LogP contribution in [-0.4, -0.2) is 14.2 Å². The van der Waals surface area contributed by atoms with Crippen molar-refractivity contribution in [2.75, 3.05) is 14.2 Å². The van der Waals surface area contributed by atoms with Crippen molar-refractivity contribution in [3.8, 4) is 11.5 Å². The minimum absolute atomic E-state index is 0.0179. The van der Waals surface area contributed by atoms with Crippen molar-refractivity contribution in [1.82, 2.24) is 0 Å². The predicted octanol–water partition coefficient (Wildman–Crippen LogP) is 3.32. The summed E-state index contributed by atoms with van der Waals surface area (Å²) in [5.41, 5.74) is 9.90. The number of ether oxygens (including phenoxy) is 2. The van der Waals surface area contributed by atoms with Crippen molar-refractivity contribution < 1.29 is 9.47 Å². The van der Waals surface area contributed by atoms with Crippen molar-refractivity contribution in [3.63, 3.8) is 0 Å². The molecule has 0 amide bonds. The molecule has 1 heterocycles. The SMILES string of the molecule is COc1ccc(CC(N)c2cscc2C)cc1OC. The van der Waals surface area contributed by atoms with E-state index in [4.69, 9.17) is 15.2 Å². The molecular weight excluding hydrogens is 258 g/mol. The first-order valence-corrected chi connectivity index (χ1v) is 7.09. The van der Waals surface area contributed by atoms with Crippen molar-refractivity contribution in [2.45, 2.75) is 19.4 Å². The lowest BCUT2D eigenvalue weighted by atomic mass is 9.99. The lowest BCUT2D eigenvalue weighted by Gasteiger charge is -2.14. The molecule has 0 aliphatic rings. The highest BCUT2D eigenvalue weighted by molar-refractivity contribution is 7.08. The fourth-order valence-corrected chi connectivity index (χ4v) is 3.04. The fraction of sp³-hybridized carbons (Fsp3) is 0.333. The second-order valence-electron chi connectivity index (χ2n) is 4.51. The normalized spacial score (nSPS) is 12.2. The van der Waals surface area contributed by atoms with E-state index in [0.29, 0.717) is 0 Å². The summed E-state index contributed by atoms with van der Waals surface area (Å²) in [5.74, 6) is 1.49. The number of benzene rings is 1. The van der Waals surface area contributed by atoms with Crippen LogP contribution in [0.3, 0.4) is 0 Å². The van der Waals surface area contributed by atoms with Crippen LogP contribution in [0.2, 0.25) is 0 Å². The standard InChI is InChI=1S/C15H19NO2S/c1-10-8-19-9-12(10)13(16)6-11-4-5-14(17-2)15(7-11)18-3/h4-5,7-9,13H,6,16H2,1-3H3. The van der Waals surface area contributed by atoms with E-state index in [2.05, 4.69) is 17.7 Å². The molecule has 0 saturated heterocycles. The molecular formula is C15H19NO2S. The highest BCUT2D eigenvalue weighted by Crippen LogP contribution is 2.30. The number of thiophene rings is 1. The molecule has 2 N–H and O–H groups in total. The van der Waals surface area contributed by atoms with Crippen molar-refractivity contribution >= 4 is 11.3 Å². The lowest BCUT2D eigenvalue weighted by molar-refractivity contribution is 0.354. The minimum Gasteiger partial charge on any atom is -0.493 e. The molecule has 1 aromatic carbocycles. The molecule has 2 rings (SSSR count). The van der Waals surface area contributed by atoms with E-state index >= 15 is 0 Å². The smallest absolute Gasteiger partial charge is 0.160 e. The topological polar surface area (TPSA) is 44.5 Å². The first-order chi connectivity index (χ1) is 9.15. The molecule has 0 aliphatic carbocycles. The maximum Gasteiger partial charge on any atom is 0.160 e. The zero-order valence-corrected chi connectivity index (χ0v) is 12.3. The summed E-state index contributed by atoms with van der Waals surface area (Å²) in [6.45, 7) is 2.10.